The van der Waals surface area contributed by atoms with Crippen LogP contribution >= 0.6 is 0 Å². The van der Waals surface area contributed by atoms with Crippen molar-refractivity contribution < 1.29 is 22.7 Å². The van der Waals surface area contributed by atoms with E-state index >= 15 is 0 Å². The summed E-state index contributed by atoms with van der Waals surface area (Å²) in [5.41, 5.74) is 0.881. The first-order valence-electron chi connectivity index (χ1n) is 10.2. The van der Waals surface area contributed by atoms with Gasteiger partial charge in [0.1, 0.15) is 5.75 Å². The number of amides is 1. The van der Waals surface area contributed by atoms with Crippen LogP contribution in [0.4, 0.5) is 18.9 Å². The van der Waals surface area contributed by atoms with Crippen LogP contribution in [0.3, 0.4) is 0 Å². The highest BCUT2D eigenvalue weighted by Gasteiger charge is 2.43. The molecule has 29 heavy (non-hydrogen) atoms. The van der Waals surface area contributed by atoms with Gasteiger partial charge in [0.15, 0.2) is 0 Å². The number of fused-ring (bicyclic) bond motifs is 1. The molecule has 162 valence electrons. The van der Waals surface area contributed by atoms with Gasteiger partial charge in [-0.05, 0) is 62.4 Å². The summed E-state index contributed by atoms with van der Waals surface area (Å²) in [6.07, 6.45) is -1.86. The van der Waals surface area contributed by atoms with Crippen LogP contribution in [-0.2, 0) is 4.79 Å². The van der Waals surface area contributed by atoms with Crippen LogP contribution in [0.15, 0.2) is 24.3 Å². The highest BCUT2D eigenvalue weighted by molar-refractivity contribution is 5.82. The third-order valence-electron chi connectivity index (χ3n) is 5.99. The highest BCUT2D eigenvalue weighted by atomic mass is 19.4. The van der Waals surface area contributed by atoms with E-state index in [2.05, 4.69) is 34.1 Å². The molecule has 1 saturated carbocycles. The molecule has 0 radical (unpaired) electrons. The molecule has 0 spiro atoms. The third-order valence-corrected chi connectivity index (χ3v) is 5.99. The molecule has 4 atom stereocenters. The Morgan fingerprint density at radius 3 is 2.48 bits per heavy atom. The molecule has 1 aliphatic carbocycles. The Balaban J connectivity index is 1.58. The lowest BCUT2D eigenvalue weighted by Gasteiger charge is -2.25. The van der Waals surface area contributed by atoms with E-state index in [0.29, 0.717) is 17.8 Å². The van der Waals surface area contributed by atoms with Gasteiger partial charge in [-0.25, -0.2) is 0 Å². The molecule has 1 saturated heterocycles. The normalized spacial score (nSPS) is 25.2. The fourth-order valence-corrected chi connectivity index (χ4v) is 4.62. The average molecular weight is 413 g/mol. The molecule has 2 aliphatic rings. The van der Waals surface area contributed by atoms with E-state index in [1.807, 2.05) is 7.05 Å². The summed E-state index contributed by atoms with van der Waals surface area (Å²) in [6, 6.07) is 5.98. The van der Waals surface area contributed by atoms with Gasteiger partial charge in [0, 0.05) is 30.7 Å². The van der Waals surface area contributed by atoms with E-state index in [0.717, 1.165) is 38.0 Å². The summed E-state index contributed by atoms with van der Waals surface area (Å²) < 4.78 is 40.9. The maximum atomic E-state index is 12.7. The lowest BCUT2D eigenvalue weighted by atomic mass is 9.97. The summed E-state index contributed by atoms with van der Waals surface area (Å²) >= 11 is 0. The van der Waals surface area contributed by atoms with Crippen molar-refractivity contribution >= 4 is 11.6 Å². The van der Waals surface area contributed by atoms with Crippen LogP contribution in [0.2, 0.25) is 0 Å². The molecule has 1 amide bonds. The van der Waals surface area contributed by atoms with Crippen LogP contribution in [-0.4, -0.2) is 44.5 Å². The Kier molecular flexibility index (Phi) is 6.61. The van der Waals surface area contributed by atoms with Gasteiger partial charge in [0.05, 0.1) is 6.04 Å². The molecule has 1 aromatic rings. The number of likely N-dealkylation sites (N-methyl/N-ethyl adjacent to an activating group) is 1. The number of ether oxygens (including phenoxy) is 1. The van der Waals surface area contributed by atoms with Gasteiger partial charge in [-0.1, -0.05) is 13.8 Å². The van der Waals surface area contributed by atoms with Gasteiger partial charge in [0.2, 0.25) is 5.91 Å². The Labute approximate surface area is 170 Å². The number of benzene rings is 1. The molecule has 1 aliphatic heterocycles. The smallest absolute Gasteiger partial charge is 0.406 e. The lowest BCUT2D eigenvalue weighted by molar-refractivity contribution is -0.274. The van der Waals surface area contributed by atoms with Crippen LogP contribution in [0.5, 0.6) is 5.75 Å². The van der Waals surface area contributed by atoms with Crippen LogP contribution in [0, 0.1) is 17.8 Å². The fraction of sp³-hybridized carbons (Fsp3) is 0.667. The summed E-state index contributed by atoms with van der Waals surface area (Å²) in [7, 11) is 1.81. The second-order valence-electron chi connectivity index (χ2n) is 8.53. The number of alkyl halides is 3. The predicted molar refractivity (Wildman–Crippen MR) is 106 cm³/mol. The molecule has 1 heterocycles. The number of rotatable bonds is 7. The molecule has 0 bridgehead atoms. The number of hydrogen-bond acceptors (Lipinski definition) is 4. The first kappa shape index (κ1) is 21.7. The molecular formula is C21H30F3N3O2. The molecular weight excluding hydrogens is 383 g/mol. The van der Waals surface area contributed by atoms with E-state index in [-0.39, 0.29) is 23.7 Å². The van der Waals surface area contributed by atoms with Crippen molar-refractivity contribution in [3.05, 3.63) is 24.3 Å². The molecule has 3 rings (SSSR count). The minimum atomic E-state index is -4.68. The highest BCUT2D eigenvalue weighted by Crippen LogP contribution is 2.40. The van der Waals surface area contributed by atoms with Crippen molar-refractivity contribution in [1.29, 1.82) is 0 Å². The molecule has 8 heteroatoms. The fourth-order valence-electron chi connectivity index (χ4n) is 4.62. The molecule has 0 aromatic heterocycles. The number of halogens is 3. The van der Waals surface area contributed by atoms with Gasteiger partial charge in [-0.15, -0.1) is 13.2 Å². The monoisotopic (exact) mass is 413 g/mol. The van der Waals surface area contributed by atoms with E-state index in [1.165, 1.54) is 12.1 Å². The Morgan fingerprint density at radius 2 is 1.90 bits per heavy atom. The van der Waals surface area contributed by atoms with E-state index < -0.39 is 6.36 Å². The van der Waals surface area contributed by atoms with Crippen molar-refractivity contribution in [3.8, 4) is 5.75 Å². The molecule has 0 unspecified atom stereocenters. The van der Waals surface area contributed by atoms with Crippen molar-refractivity contribution in [1.82, 2.24) is 10.6 Å². The lowest BCUT2D eigenvalue weighted by Crippen LogP contribution is -2.49. The first-order valence-corrected chi connectivity index (χ1v) is 10.2. The number of nitrogens with one attached hydrogen (secondary N) is 2. The molecule has 1 aromatic carbocycles. The summed E-state index contributed by atoms with van der Waals surface area (Å²) in [6.45, 7) is 5.85. The Morgan fingerprint density at radius 1 is 1.21 bits per heavy atom. The minimum Gasteiger partial charge on any atom is -0.406 e. The topological polar surface area (TPSA) is 53.6 Å². The van der Waals surface area contributed by atoms with Crippen LogP contribution < -0.4 is 20.3 Å². The number of carbonyl (C=O) groups is 1. The molecule has 2 fully saturated rings. The molecule has 2 N–H and O–H groups in total. The SMILES string of the molecule is CN[C@@H](CC(C)C)C(=O)N[C@@H]1CC[C@H]2CN(c3ccc(OC(F)(F)F)cc3)C[C@H]21. The average Bonchev–Trinajstić information content (AvgIpc) is 3.20. The summed E-state index contributed by atoms with van der Waals surface area (Å²) in [5, 5.41) is 6.35. The number of hydrogen-bond donors (Lipinski definition) is 2. The zero-order chi connectivity index (χ0) is 21.2. The van der Waals surface area contributed by atoms with Gasteiger partial charge in [0.25, 0.3) is 0 Å². The van der Waals surface area contributed by atoms with E-state index in [9.17, 15) is 18.0 Å². The predicted octanol–water partition coefficient (Wildman–Crippen LogP) is 3.55. The maximum absolute atomic E-state index is 12.7. The summed E-state index contributed by atoms with van der Waals surface area (Å²) in [5.74, 6) is 1.12. The number of anilines is 1. The minimum absolute atomic E-state index is 0.0546. The quantitative estimate of drug-likeness (QED) is 0.718. The number of nitrogens with zero attached hydrogens (tertiary/aromatic N) is 1. The Hall–Kier alpha value is -1.96. The third kappa shape index (κ3) is 5.56. The van der Waals surface area contributed by atoms with Crippen LogP contribution in [0.25, 0.3) is 0 Å². The van der Waals surface area contributed by atoms with Crippen molar-refractivity contribution in [2.75, 3.05) is 25.0 Å². The second-order valence-corrected chi connectivity index (χ2v) is 8.53. The van der Waals surface area contributed by atoms with Gasteiger partial charge < -0.3 is 20.3 Å². The van der Waals surface area contributed by atoms with E-state index in [1.54, 1.807) is 12.1 Å². The van der Waals surface area contributed by atoms with Crippen LogP contribution in [0.1, 0.15) is 33.1 Å². The van der Waals surface area contributed by atoms with Gasteiger partial charge >= 0.3 is 6.36 Å². The van der Waals surface area contributed by atoms with Gasteiger partial charge in [-0.2, -0.15) is 0 Å². The Bertz CT molecular complexity index is 693. The van der Waals surface area contributed by atoms with Gasteiger partial charge in [-0.3, -0.25) is 4.79 Å². The zero-order valence-corrected chi connectivity index (χ0v) is 17.1. The van der Waals surface area contributed by atoms with Crippen molar-refractivity contribution in [3.63, 3.8) is 0 Å². The maximum Gasteiger partial charge on any atom is 0.573 e. The van der Waals surface area contributed by atoms with Crippen molar-refractivity contribution in [2.24, 2.45) is 17.8 Å². The first-order chi connectivity index (χ1) is 13.7. The number of carbonyl (C=O) groups excluding carboxylic acids is 1. The zero-order valence-electron chi connectivity index (χ0n) is 17.1. The summed E-state index contributed by atoms with van der Waals surface area (Å²) in [4.78, 5) is 14.9. The second kappa shape index (κ2) is 8.81. The largest absolute Gasteiger partial charge is 0.573 e. The van der Waals surface area contributed by atoms with Crippen molar-refractivity contribution in [2.45, 2.75) is 51.6 Å². The molecule has 5 nitrogen and oxygen atoms in total. The standard InChI is InChI=1S/C21H30F3N3O2/c1-13(2)10-19(25-3)20(28)26-18-9-4-14-11-27(12-17(14)18)15-5-7-16(8-6-15)29-21(22,23)24/h5-8,13-14,17-19,25H,4,9-12H2,1-3H3,(H,26,28)/t14-,17+,18+,19-/m0/s1. The van der Waals surface area contributed by atoms with E-state index in [4.69, 9.17) is 0 Å².